The Bertz CT molecular complexity index is 6760. The van der Waals surface area contributed by atoms with Gasteiger partial charge in [-0.25, -0.2) is 14.4 Å². The molecule has 0 atom stereocenters. The van der Waals surface area contributed by atoms with Crippen LogP contribution in [0.4, 0.5) is 37.1 Å². The molecule has 682 valence electrons. The number of likely N-dealkylation sites (tertiary alicyclic amines) is 4. The Labute approximate surface area is 762 Å². The zero-order valence-electron chi connectivity index (χ0n) is 73.0. The number of aromatic nitrogens is 20. The van der Waals surface area contributed by atoms with E-state index in [1.54, 1.807) is 193 Å². The molecule has 5 fully saturated rings. The van der Waals surface area contributed by atoms with E-state index in [2.05, 4.69) is 108 Å². The summed E-state index contributed by atoms with van der Waals surface area (Å²) >= 11 is 0. The Balaban J connectivity index is 0.000000120. The van der Waals surface area contributed by atoms with Gasteiger partial charge >= 0.3 is 18.1 Å². The van der Waals surface area contributed by atoms with E-state index in [0.29, 0.717) is 156 Å². The van der Waals surface area contributed by atoms with Crippen LogP contribution in [0.15, 0.2) is 238 Å². The minimum Gasteiger partial charge on any atom is -0.451 e. The van der Waals surface area contributed by atoms with E-state index in [4.69, 9.17) is 27.9 Å². The molecule has 43 heteroatoms. The first-order valence-electron chi connectivity index (χ1n) is 43.2. The molecule has 1 aliphatic carbocycles. The third-order valence-corrected chi connectivity index (χ3v) is 22.2. The summed E-state index contributed by atoms with van der Waals surface area (Å²) in [6.07, 6.45) is 30.0. The lowest BCUT2D eigenvalue weighted by Gasteiger charge is -2.40. The van der Waals surface area contributed by atoms with Crippen molar-refractivity contribution in [3.8, 4) is 90.8 Å². The minimum absolute atomic E-state index is 0.00913. The number of amides is 11. The van der Waals surface area contributed by atoms with E-state index in [9.17, 15) is 38.4 Å². The molecular weight excluding hydrogens is 1720 g/mol. The second kappa shape index (κ2) is 38.5. The van der Waals surface area contributed by atoms with Gasteiger partial charge in [-0.1, -0.05) is 31.2 Å². The zero-order valence-corrected chi connectivity index (χ0v) is 73.0. The second-order valence-corrected chi connectivity index (χ2v) is 33.2. The molecule has 0 radical (unpaired) electrons. The number of urea groups is 3. The fourth-order valence-electron chi connectivity index (χ4n) is 14.7. The van der Waals surface area contributed by atoms with Gasteiger partial charge in [0.1, 0.15) is 45.8 Å². The quantitative estimate of drug-likeness (QED) is 0.0283. The van der Waals surface area contributed by atoms with Crippen molar-refractivity contribution in [1.82, 2.24) is 135 Å². The fourth-order valence-corrected chi connectivity index (χ4v) is 14.7. The van der Waals surface area contributed by atoms with Crippen LogP contribution in [-0.2, 0) is 4.79 Å². The van der Waals surface area contributed by atoms with Crippen molar-refractivity contribution in [2.45, 2.75) is 89.6 Å². The topological polar surface area (TPSA) is 524 Å². The number of pyridine rings is 4. The van der Waals surface area contributed by atoms with E-state index in [0.717, 1.165) is 41.5 Å². The first-order chi connectivity index (χ1) is 65.1. The number of aromatic amines is 4. The van der Waals surface area contributed by atoms with Crippen LogP contribution >= 0.6 is 0 Å². The van der Waals surface area contributed by atoms with Crippen molar-refractivity contribution in [3.63, 3.8) is 0 Å². The normalized spacial score (nSPS) is 14.2. The van der Waals surface area contributed by atoms with Crippen LogP contribution in [0.1, 0.15) is 120 Å². The highest BCUT2D eigenvalue weighted by atomic mass is 16.4. The van der Waals surface area contributed by atoms with Crippen LogP contribution in [0.2, 0.25) is 0 Å². The predicted molar refractivity (Wildman–Crippen MR) is 485 cm³/mol. The molecule has 4 aliphatic heterocycles. The standard InChI is InChI=1S/C24H26N8O3.C23H22N8O3.C23H24N8O3.C21H19N7O3/c1-24(2,3)29-23(34)31-12-16(13-31)32-14-18(21(30-32)17-6-4-5-9-25-17)28-22(33)20-8-7-19(35-20)15-10-26-27-11-15;32-22(20-7-6-19(34-20)14-9-25-26-10-14)28-18-13-31(29-21(18)17-3-1-2-8-24-17)16-11-30(12-16)23(33)27-15-4-5-15;1-2-8-25-23(33)30-12-16(13-30)31-14-18(21(29-31)17-5-3-4-9-24-17)28-22(32)20-7-6-19(34-20)15-10-26-27-11-15;1-13(29)27-10-15(11-27)28-12-17(20(26-28)16-4-2-3-7-22-16)25-21(30)19-6-5-18(31-19)14-8-23-24-9-14/h4-11,14,16H,12-13H2,1-3H3,(H,26,27)(H,28,33)(H,29,34);1-3,6-10,13,15-16H,4-5,11-12H2,(H,25,26)(H,27,33)(H,28,32);3-7,9-11,14,16H,2,8,12-13H2,1H3,(H,25,33)(H,26,27)(H,28,32);2-9,12,15H,10-11H2,1H3,(H,23,24)(H,25,30). The first kappa shape index (κ1) is 87.3. The summed E-state index contributed by atoms with van der Waals surface area (Å²) in [5.74, 6) is 1.25. The zero-order chi connectivity index (χ0) is 92.5. The lowest BCUT2D eigenvalue weighted by atomic mass is 10.1. The molecule has 0 aromatic carbocycles. The Morgan fingerprint density at radius 2 is 0.672 bits per heavy atom. The maximum Gasteiger partial charge on any atom is 0.317 e. The third kappa shape index (κ3) is 20.2. The lowest BCUT2D eigenvalue weighted by Crippen LogP contribution is -2.57. The third-order valence-electron chi connectivity index (χ3n) is 22.2. The molecule has 134 heavy (non-hydrogen) atoms. The number of rotatable bonds is 23. The Morgan fingerprint density at radius 3 is 0.925 bits per heavy atom. The highest BCUT2D eigenvalue weighted by molar-refractivity contribution is 6.07. The molecule has 0 bridgehead atoms. The summed E-state index contributed by atoms with van der Waals surface area (Å²) in [6, 6.07) is 35.5. The van der Waals surface area contributed by atoms with E-state index in [1.165, 1.54) is 0 Å². The predicted octanol–water partition coefficient (Wildman–Crippen LogP) is 12.2. The number of H-pyrrole nitrogens is 4. The second-order valence-electron chi connectivity index (χ2n) is 33.2. The average molecular weight is 1810 g/mol. The largest absolute Gasteiger partial charge is 0.451 e. The highest BCUT2D eigenvalue weighted by Gasteiger charge is 2.40. The van der Waals surface area contributed by atoms with E-state index >= 15 is 0 Å². The molecule has 16 aromatic heterocycles. The van der Waals surface area contributed by atoms with Crippen molar-refractivity contribution in [2.24, 2.45) is 0 Å². The van der Waals surface area contributed by atoms with Gasteiger partial charge in [-0.2, -0.15) is 40.8 Å². The summed E-state index contributed by atoms with van der Waals surface area (Å²) < 4.78 is 29.9. The van der Waals surface area contributed by atoms with Crippen LogP contribution in [0.25, 0.3) is 90.8 Å². The molecule has 11 N–H and O–H groups in total. The number of anilines is 4. The molecule has 16 aromatic rings. The molecule has 21 rings (SSSR count). The minimum atomic E-state index is -0.406. The number of carbonyl (C=O) groups excluding carboxylic acids is 8. The summed E-state index contributed by atoms with van der Waals surface area (Å²) in [7, 11) is 0. The van der Waals surface area contributed by atoms with Crippen LogP contribution in [0, 0.1) is 0 Å². The summed E-state index contributed by atoms with van der Waals surface area (Å²) in [4.78, 5) is 124. The Hall–Kier alpha value is -17.4. The van der Waals surface area contributed by atoms with E-state index in [-0.39, 0.29) is 76.7 Å². The monoisotopic (exact) mass is 1810 g/mol. The molecule has 1 saturated carbocycles. The maximum atomic E-state index is 13.0. The van der Waals surface area contributed by atoms with Crippen molar-refractivity contribution in [1.29, 1.82) is 0 Å². The van der Waals surface area contributed by atoms with Crippen molar-refractivity contribution < 1.29 is 56.0 Å². The van der Waals surface area contributed by atoms with Gasteiger partial charge < -0.3 is 74.5 Å². The summed E-state index contributed by atoms with van der Waals surface area (Å²) in [5, 5.41) is 65.6. The summed E-state index contributed by atoms with van der Waals surface area (Å²) in [5.41, 5.74) is 9.47. The van der Waals surface area contributed by atoms with Gasteiger partial charge in [-0.15, -0.1) is 0 Å². The van der Waals surface area contributed by atoms with Crippen LogP contribution in [0.3, 0.4) is 0 Å². The first-order valence-corrected chi connectivity index (χ1v) is 43.2. The van der Waals surface area contributed by atoms with Gasteiger partial charge in [0.05, 0.1) is 117 Å². The van der Waals surface area contributed by atoms with Crippen LogP contribution < -0.4 is 37.2 Å². The van der Waals surface area contributed by atoms with Crippen molar-refractivity contribution in [2.75, 3.05) is 80.2 Å². The van der Waals surface area contributed by atoms with Crippen molar-refractivity contribution >= 4 is 70.4 Å². The number of hydrogen-bond acceptors (Lipinski definition) is 24. The van der Waals surface area contributed by atoms with Crippen molar-refractivity contribution in [3.05, 3.63) is 244 Å². The van der Waals surface area contributed by atoms with Crippen LogP contribution in [0.5, 0.6) is 0 Å². The van der Waals surface area contributed by atoms with Gasteiger partial charge in [0, 0.05) is 152 Å². The molecule has 5 aliphatic rings. The molecule has 4 saturated heterocycles. The smallest absolute Gasteiger partial charge is 0.317 e. The maximum absolute atomic E-state index is 13.0. The number of nitrogens with zero attached hydrogens (tertiary/aromatic N) is 20. The van der Waals surface area contributed by atoms with Gasteiger partial charge in [0.2, 0.25) is 5.91 Å². The average Bonchev–Trinajstić information content (AvgIpc) is 1.63. The van der Waals surface area contributed by atoms with Gasteiger partial charge in [0.25, 0.3) is 23.6 Å². The summed E-state index contributed by atoms with van der Waals surface area (Å²) in [6.45, 7) is 14.4. The Morgan fingerprint density at radius 1 is 0.381 bits per heavy atom. The van der Waals surface area contributed by atoms with E-state index in [1.807, 2.05) is 100 Å². The lowest BCUT2D eigenvalue weighted by molar-refractivity contribution is -0.134. The van der Waals surface area contributed by atoms with Gasteiger partial charge in [-0.3, -0.25) is 83.0 Å². The molecule has 0 spiro atoms. The molecule has 11 amide bonds. The van der Waals surface area contributed by atoms with Gasteiger partial charge in [-0.05, 0) is 137 Å². The van der Waals surface area contributed by atoms with Gasteiger partial charge in [0.15, 0.2) is 23.0 Å². The van der Waals surface area contributed by atoms with E-state index < -0.39 is 23.6 Å². The van der Waals surface area contributed by atoms with Crippen LogP contribution in [-0.4, -0.2) is 238 Å². The molecule has 20 heterocycles. The number of carbonyl (C=O) groups is 8. The highest BCUT2D eigenvalue weighted by Crippen LogP contribution is 2.38. The molecule has 0 unspecified atom stereocenters. The number of hydrogen-bond donors (Lipinski definition) is 11. The molecular formula is C91H91N31O12. The molecule has 43 nitrogen and oxygen atoms in total. The number of nitrogens with one attached hydrogen (secondary N) is 11. The number of furan rings is 4. The fraction of sp³-hybridized carbons (Fsp3) is 0.253. The Kier molecular flexibility index (Phi) is 25.0. The SMILES string of the molecule is CC(=O)N1CC(n2cc(NC(=O)c3ccc(-c4cn[nH]c4)o3)c(-c3ccccn3)n2)C1.CC(C)(C)NC(=O)N1CC(n2cc(NC(=O)c3ccc(-c4cn[nH]c4)o3)c(-c3ccccn3)n2)C1.CCCNC(=O)N1CC(n2cc(NC(=O)c3ccc(-c4cn[nH]c4)o3)c(-c3ccccn3)n2)C1.O=C(Nc1cn(C2CN(C(=O)NC3CC3)C2)nc1-c1ccccn1)c1ccc(-c2cn[nH]c2)o1.